The quantitative estimate of drug-likeness (QED) is 0.333. The van der Waals surface area contributed by atoms with Gasteiger partial charge < -0.3 is 14.2 Å². The Morgan fingerprint density at radius 1 is 1.26 bits per heavy atom. The molecule has 0 radical (unpaired) electrons. The Balaban J connectivity index is 2.75. The average Bonchev–Trinajstić information content (AvgIpc) is 2.39. The first kappa shape index (κ1) is 15.6. The molecule has 1 aromatic rings. The molecule has 0 heterocycles. The lowest BCUT2D eigenvalue weighted by molar-refractivity contribution is -0.137. The van der Waals surface area contributed by atoms with Gasteiger partial charge in [0.05, 0.1) is 24.6 Å². The number of hydrogen-bond donors (Lipinski definition) is 0. The maximum atomic E-state index is 11.3. The predicted molar refractivity (Wildman–Crippen MR) is 76.7 cm³/mol. The van der Waals surface area contributed by atoms with Crippen molar-refractivity contribution in [3.05, 3.63) is 36.1 Å². The van der Waals surface area contributed by atoms with Gasteiger partial charge in [0.1, 0.15) is 17.3 Å². The second kappa shape index (κ2) is 8.58. The molecule has 0 spiro atoms. The molecule has 0 N–H and O–H groups in total. The largest absolute Gasteiger partial charge is 0.494 e. The van der Waals surface area contributed by atoms with Gasteiger partial charge in [-0.1, -0.05) is 22.0 Å². The van der Waals surface area contributed by atoms with Crippen molar-refractivity contribution in [3.63, 3.8) is 0 Å². The molecule has 0 fully saturated rings. The third-order valence-corrected chi connectivity index (χ3v) is 2.62. The molecule has 0 aliphatic carbocycles. The number of ether oxygens (including phenoxy) is 3. The van der Waals surface area contributed by atoms with Crippen molar-refractivity contribution in [2.45, 2.75) is 13.8 Å². The molecule has 104 valence electrons. The van der Waals surface area contributed by atoms with Gasteiger partial charge in [-0.15, -0.1) is 0 Å². The fourth-order valence-electron chi connectivity index (χ4n) is 1.36. The van der Waals surface area contributed by atoms with Gasteiger partial charge in [0.15, 0.2) is 0 Å². The highest BCUT2D eigenvalue weighted by atomic mass is 79.9. The lowest BCUT2D eigenvalue weighted by atomic mass is 10.3. The molecule has 5 heteroatoms. The Bertz CT molecular complexity index is 443. The molecule has 0 bridgehead atoms. The van der Waals surface area contributed by atoms with Crippen LogP contribution in [-0.2, 0) is 9.53 Å². The molecule has 0 saturated carbocycles. The number of alkyl halides is 1. The summed E-state index contributed by atoms with van der Waals surface area (Å²) in [5, 5.41) is 0.421. The summed E-state index contributed by atoms with van der Waals surface area (Å²) in [4.78, 5) is 11.3. The monoisotopic (exact) mass is 328 g/mol. The van der Waals surface area contributed by atoms with Gasteiger partial charge in [0.25, 0.3) is 0 Å². The molecule has 0 aromatic heterocycles. The summed E-state index contributed by atoms with van der Waals surface area (Å²) in [6.45, 7) is 4.60. The third-order valence-electron chi connectivity index (χ3n) is 2.06. The molecule has 0 unspecified atom stereocenters. The van der Waals surface area contributed by atoms with Crippen LogP contribution in [-0.4, -0.2) is 24.5 Å². The summed E-state index contributed by atoms with van der Waals surface area (Å²) >= 11 is 3.27. The van der Waals surface area contributed by atoms with E-state index in [4.69, 9.17) is 14.2 Å². The number of hydrogen-bond acceptors (Lipinski definition) is 4. The van der Waals surface area contributed by atoms with E-state index < -0.39 is 5.97 Å². The zero-order valence-corrected chi connectivity index (χ0v) is 12.6. The van der Waals surface area contributed by atoms with Crippen molar-refractivity contribution < 1.29 is 19.0 Å². The molecule has 0 aliphatic heterocycles. The molecule has 0 amide bonds. The maximum Gasteiger partial charge on any atom is 0.334 e. The predicted octanol–water partition coefficient (Wildman–Crippen LogP) is 3.31. The van der Waals surface area contributed by atoms with Crippen LogP contribution in [0.1, 0.15) is 13.8 Å². The topological polar surface area (TPSA) is 44.8 Å². The van der Waals surface area contributed by atoms with Gasteiger partial charge in [-0.05, 0) is 26.0 Å². The molecule has 1 rings (SSSR count). The van der Waals surface area contributed by atoms with Crippen LogP contribution in [0.3, 0.4) is 0 Å². The van der Waals surface area contributed by atoms with E-state index in [1.807, 2.05) is 19.1 Å². The average molecular weight is 329 g/mol. The Kier molecular flexibility index (Phi) is 7.03. The van der Waals surface area contributed by atoms with E-state index in [1.54, 1.807) is 19.1 Å². The summed E-state index contributed by atoms with van der Waals surface area (Å²) in [6.07, 6.45) is 1.33. The van der Waals surface area contributed by atoms with Crippen molar-refractivity contribution in [3.8, 4) is 11.5 Å². The van der Waals surface area contributed by atoms with Crippen LogP contribution in [0.25, 0.3) is 0 Å². The van der Waals surface area contributed by atoms with Crippen LogP contribution in [0.15, 0.2) is 36.1 Å². The van der Waals surface area contributed by atoms with Gasteiger partial charge in [-0.2, -0.15) is 0 Å². The number of esters is 1. The van der Waals surface area contributed by atoms with E-state index in [0.717, 1.165) is 5.75 Å². The number of allylic oxidation sites excluding steroid dienone is 1. The number of carbonyl (C=O) groups excluding carboxylic acids is 1. The highest BCUT2D eigenvalue weighted by Gasteiger charge is 2.05. The number of benzene rings is 1. The van der Waals surface area contributed by atoms with Crippen molar-refractivity contribution >= 4 is 21.9 Å². The van der Waals surface area contributed by atoms with Gasteiger partial charge in [0.2, 0.25) is 0 Å². The highest BCUT2D eigenvalue weighted by Crippen LogP contribution is 2.21. The normalized spacial score (nSPS) is 11.0. The third kappa shape index (κ3) is 5.79. The Morgan fingerprint density at radius 3 is 2.63 bits per heavy atom. The molecule has 1 aromatic carbocycles. The summed E-state index contributed by atoms with van der Waals surface area (Å²) in [6, 6.07) is 7.24. The van der Waals surface area contributed by atoms with Crippen LogP contribution in [0.4, 0.5) is 0 Å². The van der Waals surface area contributed by atoms with E-state index in [2.05, 4.69) is 15.9 Å². The Morgan fingerprint density at radius 2 is 2.00 bits per heavy atom. The first-order chi connectivity index (χ1) is 9.19. The second-order valence-electron chi connectivity index (χ2n) is 3.51. The number of halogens is 1. The van der Waals surface area contributed by atoms with Crippen LogP contribution >= 0.6 is 15.9 Å². The van der Waals surface area contributed by atoms with E-state index in [-0.39, 0.29) is 0 Å². The van der Waals surface area contributed by atoms with Gasteiger partial charge in [-0.25, -0.2) is 4.79 Å². The van der Waals surface area contributed by atoms with Gasteiger partial charge in [0, 0.05) is 6.07 Å². The van der Waals surface area contributed by atoms with Crippen LogP contribution in [0.5, 0.6) is 11.5 Å². The van der Waals surface area contributed by atoms with E-state index in [0.29, 0.717) is 30.1 Å². The molecule has 0 aliphatic rings. The molecular formula is C14H17BrO4. The molecule has 19 heavy (non-hydrogen) atoms. The van der Waals surface area contributed by atoms with Crippen LogP contribution < -0.4 is 9.47 Å². The van der Waals surface area contributed by atoms with Gasteiger partial charge >= 0.3 is 5.97 Å². The Labute approximate surface area is 121 Å². The second-order valence-corrected chi connectivity index (χ2v) is 4.07. The van der Waals surface area contributed by atoms with Gasteiger partial charge in [-0.3, -0.25) is 0 Å². The van der Waals surface area contributed by atoms with Crippen LogP contribution in [0.2, 0.25) is 0 Å². The standard InChI is InChI=1S/C14H17BrO4/c1-3-17-11-6-5-7-12(8-11)19-13(10-15)9-14(16)18-4-2/h5-9H,3-4,10H2,1-2H3. The van der Waals surface area contributed by atoms with Crippen molar-refractivity contribution in [1.29, 1.82) is 0 Å². The van der Waals surface area contributed by atoms with E-state index >= 15 is 0 Å². The Hall–Kier alpha value is -1.49. The minimum Gasteiger partial charge on any atom is -0.494 e. The van der Waals surface area contributed by atoms with Crippen LogP contribution in [0, 0.1) is 0 Å². The SMILES string of the molecule is CCOC(=O)C=C(CBr)Oc1cccc(OCC)c1. The summed E-state index contributed by atoms with van der Waals surface area (Å²) < 4.78 is 15.8. The molecular weight excluding hydrogens is 312 g/mol. The fraction of sp³-hybridized carbons (Fsp3) is 0.357. The lowest BCUT2D eigenvalue weighted by Gasteiger charge is -2.09. The highest BCUT2D eigenvalue weighted by molar-refractivity contribution is 9.09. The lowest BCUT2D eigenvalue weighted by Crippen LogP contribution is -2.05. The van der Waals surface area contributed by atoms with E-state index in [9.17, 15) is 4.79 Å². The first-order valence-electron chi connectivity index (χ1n) is 6.03. The fourth-order valence-corrected chi connectivity index (χ4v) is 1.63. The maximum absolute atomic E-state index is 11.3. The van der Waals surface area contributed by atoms with E-state index in [1.165, 1.54) is 6.08 Å². The first-order valence-corrected chi connectivity index (χ1v) is 7.15. The number of rotatable bonds is 7. The molecule has 4 nitrogen and oxygen atoms in total. The van der Waals surface area contributed by atoms with Crippen molar-refractivity contribution in [2.75, 3.05) is 18.5 Å². The zero-order chi connectivity index (χ0) is 14.1. The molecule has 0 atom stereocenters. The molecule has 0 saturated heterocycles. The smallest absolute Gasteiger partial charge is 0.334 e. The minimum atomic E-state index is -0.419. The number of carbonyl (C=O) groups is 1. The summed E-state index contributed by atoms with van der Waals surface area (Å²) in [5.74, 6) is 1.40. The van der Waals surface area contributed by atoms with Crippen molar-refractivity contribution in [2.24, 2.45) is 0 Å². The summed E-state index contributed by atoms with van der Waals surface area (Å²) in [5.41, 5.74) is 0. The van der Waals surface area contributed by atoms with Crippen molar-refractivity contribution in [1.82, 2.24) is 0 Å². The minimum absolute atomic E-state index is 0.338. The summed E-state index contributed by atoms with van der Waals surface area (Å²) in [7, 11) is 0. The zero-order valence-electron chi connectivity index (χ0n) is 11.0.